The highest BCUT2D eigenvalue weighted by molar-refractivity contribution is 5.44. The second-order valence-corrected chi connectivity index (χ2v) is 9.30. The number of ether oxygens (including phenoxy) is 5. The number of hydrogen-bond donors (Lipinski definition) is 6. The lowest BCUT2D eigenvalue weighted by Gasteiger charge is -2.39. The molecule has 0 saturated carbocycles. The highest BCUT2D eigenvalue weighted by atomic mass is 16.7. The second-order valence-electron chi connectivity index (χ2n) is 9.30. The molecule has 37 heavy (non-hydrogen) atoms. The van der Waals surface area contributed by atoms with Crippen LogP contribution in [-0.2, 0) is 15.9 Å². The fourth-order valence-corrected chi connectivity index (χ4v) is 4.92. The SMILES string of the molecule is COc1cc([C@@H]2OC[C@@H](Cc3ccc(O[C@@H]4O[C@H](CO)[C@@H](O)[C@H](O)[C@H]4O)c(OC)c3)[C@H]2CO)ccc1O. The Labute approximate surface area is 214 Å². The maximum absolute atomic E-state index is 10.3. The molecule has 2 aliphatic heterocycles. The van der Waals surface area contributed by atoms with E-state index in [9.17, 15) is 30.6 Å². The van der Waals surface area contributed by atoms with Crippen LogP contribution in [0, 0.1) is 11.8 Å². The fourth-order valence-electron chi connectivity index (χ4n) is 4.92. The van der Waals surface area contributed by atoms with Crippen molar-refractivity contribution >= 4 is 0 Å². The second kappa shape index (κ2) is 11.8. The monoisotopic (exact) mass is 522 g/mol. The van der Waals surface area contributed by atoms with Crippen molar-refractivity contribution < 1.29 is 54.3 Å². The van der Waals surface area contributed by atoms with E-state index < -0.39 is 37.3 Å². The molecule has 2 aromatic carbocycles. The molecule has 2 aromatic rings. The Hall–Kier alpha value is -2.64. The molecule has 11 heteroatoms. The molecule has 11 nitrogen and oxygen atoms in total. The van der Waals surface area contributed by atoms with Gasteiger partial charge in [0, 0.05) is 12.5 Å². The minimum Gasteiger partial charge on any atom is -0.504 e. The summed E-state index contributed by atoms with van der Waals surface area (Å²) in [6, 6.07) is 10.2. The number of aliphatic hydroxyl groups excluding tert-OH is 5. The molecule has 2 fully saturated rings. The van der Waals surface area contributed by atoms with Crippen LogP contribution < -0.4 is 14.2 Å². The molecule has 0 aliphatic carbocycles. The topological polar surface area (TPSA) is 168 Å². The van der Waals surface area contributed by atoms with Gasteiger partial charge in [-0.15, -0.1) is 0 Å². The first-order valence-electron chi connectivity index (χ1n) is 12.0. The van der Waals surface area contributed by atoms with Crippen LogP contribution in [0.25, 0.3) is 0 Å². The van der Waals surface area contributed by atoms with E-state index in [-0.39, 0.29) is 36.0 Å². The van der Waals surface area contributed by atoms with Crippen molar-refractivity contribution in [3.05, 3.63) is 47.5 Å². The Morgan fingerprint density at radius 3 is 2.30 bits per heavy atom. The molecular weight excluding hydrogens is 488 g/mol. The van der Waals surface area contributed by atoms with Crippen molar-refractivity contribution in [2.45, 2.75) is 43.2 Å². The third-order valence-electron chi connectivity index (χ3n) is 7.04. The van der Waals surface area contributed by atoms with Crippen LogP contribution in [0.3, 0.4) is 0 Å². The molecule has 0 amide bonds. The minimum absolute atomic E-state index is 0.00304. The summed E-state index contributed by atoms with van der Waals surface area (Å²) in [5, 5.41) is 59.7. The molecule has 0 bridgehead atoms. The fraction of sp³-hybridized carbons (Fsp3) is 0.538. The Morgan fingerprint density at radius 1 is 0.865 bits per heavy atom. The molecule has 2 saturated heterocycles. The summed E-state index contributed by atoms with van der Waals surface area (Å²) in [4.78, 5) is 0. The lowest BCUT2D eigenvalue weighted by atomic mass is 9.84. The van der Waals surface area contributed by atoms with Gasteiger partial charge in [0.2, 0.25) is 6.29 Å². The van der Waals surface area contributed by atoms with Gasteiger partial charge in [-0.2, -0.15) is 0 Å². The highest BCUT2D eigenvalue weighted by Crippen LogP contribution is 2.42. The first-order valence-corrected chi connectivity index (χ1v) is 12.0. The third-order valence-corrected chi connectivity index (χ3v) is 7.04. The van der Waals surface area contributed by atoms with Crippen LogP contribution in [0.15, 0.2) is 36.4 Å². The minimum atomic E-state index is -1.56. The predicted molar refractivity (Wildman–Crippen MR) is 129 cm³/mol. The van der Waals surface area contributed by atoms with Gasteiger partial charge in [0.05, 0.1) is 33.5 Å². The number of rotatable bonds is 9. The number of phenols is 1. The molecule has 2 aliphatic rings. The van der Waals surface area contributed by atoms with Gasteiger partial charge < -0.3 is 54.3 Å². The van der Waals surface area contributed by atoms with E-state index >= 15 is 0 Å². The smallest absolute Gasteiger partial charge is 0.229 e. The van der Waals surface area contributed by atoms with Crippen LogP contribution >= 0.6 is 0 Å². The molecule has 2 heterocycles. The van der Waals surface area contributed by atoms with Crippen molar-refractivity contribution in [1.82, 2.24) is 0 Å². The normalized spacial score (nSPS) is 31.8. The number of phenolic OH excluding ortho intramolecular Hbond substituents is 1. The van der Waals surface area contributed by atoms with E-state index in [0.717, 1.165) is 11.1 Å². The van der Waals surface area contributed by atoms with Crippen molar-refractivity contribution in [2.24, 2.45) is 11.8 Å². The highest BCUT2D eigenvalue weighted by Gasteiger charge is 2.45. The Balaban J connectivity index is 1.47. The van der Waals surface area contributed by atoms with Crippen molar-refractivity contribution in [3.63, 3.8) is 0 Å². The molecular formula is C26H34O11. The van der Waals surface area contributed by atoms with Gasteiger partial charge in [-0.25, -0.2) is 0 Å². The zero-order valence-corrected chi connectivity index (χ0v) is 20.6. The van der Waals surface area contributed by atoms with Crippen LogP contribution in [0.1, 0.15) is 17.2 Å². The summed E-state index contributed by atoms with van der Waals surface area (Å²) in [6.07, 6.45) is -6.79. The zero-order chi connectivity index (χ0) is 26.7. The van der Waals surface area contributed by atoms with E-state index in [1.807, 2.05) is 6.07 Å². The number of methoxy groups -OCH3 is 2. The summed E-state index contributed by atoms with van der Waals surface area (Å²) < 4.78 is 27.9. The molecule has 0 radical (unpaired) electrons. The average molecular weight is 523 g/mol. The average Bonchev–Trinajstić information content (AvgIpc) is 3.32. The summed E-state index contributed by atoms with van der Waals surface area (Å²) in [5.41, 5.74) is 1.70. The lowest BCUT2D eigenvalue weighted by molar-refractivity contribution is -0.277. The predicted octanol–water partition coefficient (Wildman–Crippen LogP) is 0.127. The van der Waals surface area contributed by atoms with E-state index in [4.69, 9.17) is 23.7 Å². The summed E-state index contributed by atoms with van der Waals surface area (Å²) in [7, 11) is 2.93. The number of hydrogen-bond acceptors (Lipinski definition) is 11. The standard InChI is InChI=1S/C26H34O11/c1-33-19-9-14(4-5-17(19)29)25-16(10-27)15(12-35-25)7-13-3-6-18(20(8-13)34-2)36-26-24(32)23(31)22(30)21(11-28)37-26/h3-6,8-9,15-16,21-32H,7,10-12H2,1-2H3/t15-,16-,21-,22-,23+,24-,25+,26-/m1/s1. The number of benzene rings is 2. The molecule has 6 N–H and O–H groups in total. The maximum atomic E-state index is 10.3. The van der Waals surface area contributed by atoms with Crippen LogP contribution in [0.4, 0.5) is 0 Å². The summed E-state index contributed by atoms with van der Waals surface area (Å²) >= 11 is 0. The van der Waals surface area contributed by atoms with Gasteiger partial charge >= 0.3 is 0 Å². The van der Waals surface area contributed by atoms with Gasteiger partial charge in [-0.1, -0.05) is 12.1 Å². The Morgan fingerprint density at radius 2 is 1.62 bits per heavy atom. The van der Waals surface area contributed by atoms with Gasteiger partial charge in [-0.05, 0) is 47.7 Å². The number of aromatic hydroxyl groups is 1. The van der Waals surface area contributed by atoms with Gasteiger partial charge in [0.25, 0.3) is 0 Å². The molecule has 204 valence electrons. The van der Waals surface area contributed by atoms with Crippen molar-refractivity contribution in [2.75, 3.05) is 34.0 Å². The van der Waals surface area contributed by atoms with Gasteiger partial charge in [0.15, 0.2) is 23.0 Å². The van der Waals surface area contributed by atoms with E-state index in [1.165, 1.54) is 20.3 Å². The maximum Gasteiger partial charge on any atom is 0.229 e. The Bertz CT molecular complexity index is 1050. The molecule has 4 rings (SSSR count). The lowest BCUT2D eigenvalue weighted by Crippen LogP contribution is -2.60. The van der Waals surface area contributed by atoms with Crippen molar-refractivity contribution in [3.8, 4) is 23.0 Å². The quantitative estimate of drug-likeness (QED) is 0.265. The first-order chi connectivity index (χ1) is 17.8. The Kier molecular flexibility index (Phi) is 8.75. The molecule has 8 atom stereocenters. The van der Waals surface area contributed by atoms with E-state index in [1.54, 1.807) is 24.3 Å². The number of aliphatic hydroxyl groups is 5. The zero-order valence-electron chi connectivity index (χ0n) is 20.6. The van der Waals surface area contributed by atoms with E-state index in [0.29, 0.717) is 24.5 Å². The largest absolute Gasteiger partial charge is 0.504 e. The van der Waals surface area contributed by atoms with Gasteiger partial charge in [-0.3, -0.25) is 0 Å². The summed E-state index contributed by atoms with van der Waals surface area (Å²) in [6.45, 7) is -0.229. The van der Waals surface area contributed by atoms with Gasteiger partial charge in [0.1, 0.15) is 24.4 Å². The van der Waals surface area contributed by atoms with Crippen molar-refractivity contribution in [1.29, 1.82) is 0 Å². The first kappa shape index (κ1) is 27.4. The van der Waals surface area contributed by atoms with Crippen LogP contribution in [0.5, 0.6) is 23.0 Å². The van der Waals surface area contributed by atoms with Crippen LogP contribution in [0.2, 0.25) is 0 Å². The van der Waals surface area contributed by atoms with Crippen LogP contribution in [-0.4, -0.2) is 95.4 Å². The molecule has 0 aromatic heterocycles. The molecule has 0 spiro atoms. The third kappa shape index (κ3) is 5.63. The van der Waals surface area contributed by atoms with E-state index in [2.05, 4.69) is 0 Å². The summed E-state index contributed by atoms with van der Waals surface area (Å²) in [5.74, 6) is 0.766. The molecule has 0 unspecified atom stereocenters.